The monoisotopic (exact) mass is 306 g/mol. The molecule has 21 heavy (non-hydrogen) atoms. The third-order valence-electron chi connectivity index (χ3n) is 3.02. The molecule has 0 spiro atoms. The van der Waals surface area contributed by atoms with Crippen molar-refractivity contribution in [3.63, 3.8) is 0 Å². The number of hydrogen-bond acceptors (Lipinski definition) is 3. The maximum Gasteiger partial charge on any atom is 0.153 e. The first-order valence-corrected chi connectivity index (χ1v) is 6.35. The van der Waals surface area contributed by atoms with Crippen LogP contribution in [0, 0.1) is 11.6 Å². The van der Waals surface area contributed by atoms with Crippen molar-refractivity contribution in [2.75, 3.05) is 5.73 Å². The topological polar surface area (TPSA) is 67.6 Å². The average molecular weight is 307 g/mol. The van der Waals surface area contributed by atoms with Gasteiger partial charge < -0.3 is 5.73 Å². The second-order valence-electron chi connectivity index (χ2n) is 4.35. The highest BCUT2D eigenvalue weighted by Gasteiger charge is 2.19. The highest BCUT2D eigenvalue weighted by Crippen LogP contribution is 2.36. The number of aromatic amines is 1. The van der Waals surface area contributed by atoms with Crippen LogP contribution in [-0.4, -0.2) is 15.2 Å². The Hall–Kier alpha value is -2.47. The molecule has 0 aliphatic carbocycles. The second kappa shape index (κ2) is 5.14. The van der Waals surface area contributed by atoms with Crippen LogP contribution in [0.15, 0.2) is 36.7 Å². The van der Waals surface area contributed by atoms with Gasteiger partial charge >= 0.3 is 0 Å². The van der Waals surface area contributed by atoms with Gasteiger partial charge in [-0.05, 0) is 18.2 Å². The highest BCUT2D eigenvalue weighted by molar-refractivity contribution is 6.30. The number of H-pyrrole nitrogens is 1. The van der Waals surface area contributed by atoms with Crippen molar-refractivity contribution < 1.29 is 8.78 Å². The van der Waals surface area contributed by atoms with Gasteiger partial charge in [-0.2, -0.15) is 5.10 Å². The zero-order valence-corrected chi connectivity index (χ0v) is 11.3. The van der Waals surface area contributed by atoms with Crippen LogP contribution < -0.4 is 5.73 Å². The van der Waals surface area contributed by atoms with Crippen LogP contribution in [0.5, 0.6) is 0 Å². The zero-order chi connectivity index (χ0) is 15.0. The van der Waals surface area contributed by atoms with Gasteiger partial charge in [-0.15, -0.1) is 0 Å². The first kappa shape index (κ1) is 13.5. The summed E-state index contributed by atoms with van der Waals surface area (Å²) in [5.74, 6) is -1.22. The van der Waals surface area contributed by atoms with Crippen molar-refractivity contribution in [3.8, 4) is 22.4 Å². The van der Waals surface area contributed by atoms with Gasteiger partial charge in [-0.25, -0.2) is 8.78 Å². The first-order valence-electron chi connectivity index (χ1n) is 5.97. The summed E-state index contributed by atoms with van der Waals surface area (Å²) in [6.07, 6.45) is 3.16. The normalized spacial score (nSPS) is 10.8. The predicted octanol–water partition coefficient (Wildman–Crippen LogP) is 3.65. The fourth-order valence-corrected chi connectivity index (χ4v) is 2.22. The SMILES string of the molecule is Nc1n[nH]c(-c2cc(F)c(Cl)cc2F)c1-c1cccnc1. The van der Waals surface area contributed by atoms with E-state index in [9.17, 15) is 8.78 Å². The number of nitrogens with two attached hydrogens (primary N) is 1. The van der Waals surface area contributed by atoms with Crippen molar-refractivity contribution in [3.05, 3.63) is 53.3 Å². The molecule has 7 heteroatoms. The van der Waals surface area contributed by atoms with Gasteiger partial charge in [0.1, 0.15) is 11.6 Å². The lowest BCUT2D eigenvalue weighted by atomic mass is 10.0. The third-order valence-corrected chi connectivity index (χ3v) is 3.31. The quantitative estimate of drug-likeness (QED) is 0.710. The van der Waals surface area contributed by atoms with Crippen LogP contribution in [0.4, 0.5) is 14.6 Å². The maximum atomic E-state index is 14.1. The minimum Gasteiger partial charge on any atom is -0.382 e. The number of anilines is 1. The van der Waals surface area contributed by atoms with Crippen LogP contribution in [0.1, 0.15) is 0 Å². The molecule has 0 aliphatic rings. The number of hydrogen-bond donors (Lipinski definition) is 2. The molecule has 3 N–H and O–H groups in total. The molecule has 0 saturated heterocycles. The molecule has 0 unspecified atom stereocenters. The van der Waals surface area contributed by atoms with Gasteiger partial charge in [0.2, 0.25) is 0 Å². The number of nitrogens with one attached hydrogen (secondary N) is 1. The van der Waals surface area contributed by atoms with E-state index in [0.717, 1.165) is 12.1 Å². The number of pyridine rings is 1. The third kappa shape index (κ3) is 2.34. The molecule has 0 bridgehead atoms. The van der Waals surface area contributed by atoms with Gasteiger partial charge in [-0.1, -0.05) is 17.7 Å². The lowest BCUT2D eigenvalue weighted by Gasteiger charge is -2.06. The van der Waals surface area contributed by atoms with E-state index < -0.39 is 11.6 Å². The molecular weight excluding hydrogens is 298 g/mol. The van der Waals surface area contributed by atoms with E-state index in [2.05, 4.69) is 15.2 Å². The molecule has 3 rings (SSSR count). The zero-order valence-electron chi connectivity index (χ0n) is 10.6. The van der Waals surface area contributed by atoms with Crippen LogP contribution in [0.25, 0.3) is 22.4 Å². The Morgan fingerprint density at radius 1 is 1.19 bits per heavy atom. The summed E-state index contributed by atoms with van der Waals surface area (Å²) < 4.78 is 27.7. The lowest BCUT2D eigenvalue weighted by Crippen LogP contribution is -1.92. The number of halogens is 3. The molecule has 0 saturated carbocycles. The molecule has 0 atom stereocenters. The molecule has 2 aromatic heterocycles. The van der Waals surface area contributed by atoms with Crippen LogP contribution in [0.3, 0.4) is 0 Å². The highest BCUT2D eigenvalue weighted by atomic mass is 35.5. The minimum atomic E-state index is -0.724. The fourth-order valence-electron chi connectivity index (χ4n) is 2.07. The van der Waals surface area contributed by atoms with Crippen molar-refractivity contribution in [2.45, 2.75) is 0 Å². The van der Waals surface area contributed by atoms with Crippen molar-refractivity contribution in [1.82, 2.24) is 15.2 Å². The van der Waals surface area contributed by atoms with E-state index in [1.54, 1.807) is 24.5 Å². The Balaban J connectivity index is 2.24. The summed E-state index contributed by atoms with van der Waals surface area (Å²) in [7, 11) is 0. The Bertz CT molecular complexity index is 802. The second-order valence-corrected chi connectivity index (χ2v) is 4.75. The van der Waals surface area contributed by atoms with Crippen LogP contribution in [0.2, 0.25) is 5.02 Å². The summed E-state index contributed by atoms with van der Waals surface area (Å²) in [5, 5.41) is 6.20. The minimum absolute atomic E-state index is 0.0000435. The number of rotatable bonds is 2. The Morgan fingerprint density at radius 3 is 2.71 bits per heavy atom. The standard InChI is InChI=1S/C14H9ClF2N4/c15-9-5-10(16)8(4-11(9)17)13-12(14(18)21-20-13)7-2-1-3-19-6-7/h1-6H,(H3,18,20,21). The Kier molecular flexibility index (Phi) is 3.31. The van der Waals surface area contributed by atoms with Gasteiger partial charge in [0.25, 0.3) is 0 Å². The number of nitrogen functional groups attached to an aromatic ring is 1. The smallest absolute Gasteiger partial charge is 0.153 e. The van der Waals surface area contributed by atoms with Gasteiger partial charge in [0.05, 0.1) is 16.3 Å². The van der Waals surface area contributed by atoms with E-state index in [4.69, 9.17) is 17.3 Å². The number of nitrogens with zero attached hydrogens (tertiary/aromatic N) is 2. The predicted molar refractivity (Wildman–Crippen MR) is 76.6 cm³/mol. The number of benzene rings is 1. The van der Waals surface area contributed by atoms with E-state index >= 15 is 0 Å². The van der Waals surface area contributed by atoms with E-state index in [-0.39, 0.29) is 22.1 Å². The molecule has 106 valence electrons. The van der Waals surface area contributed by atoms with E-state index in [0.29, 0.717) is 11.1 Å². The van der Waals surface area contributed by atoms with Crippen LogP contribution >= 0.6 is 11.6 Å². The summed E-state index contributed by atoms with van der Waals surface area (Å²) >= 11 is 5.56. The molecule has 0 fully saturated rings. The van der Waals surface area contributed by atoms with Gasteiger partial charge in [-0.3, -0.25) is 10.1 Å². The van der Waals surface area contributed by atoms with Crippen molar-refractivity contribution >= 4 is 17.4 Å². The molecule has 3 aromatic rings. The fraction of sp³-hybridized carbons (Fsp3) is 0. The van der Waals surface area contributed by atoms with E-state index in [1.807, 2.05) is 0 Å². The maximum absolute atomic E-state index is 14.1. The largest absolute Gasteiger partial charge is 0.382 e. The van der Waals surface area contributed by atoms with E-state index in [1.165, 1.54) is 0 Å². The summed E-state index contributed by atoms with van der Waals surface area (Å²) in [4.78, 5) is 3.98. The molecule has 0 amide bonds. The Morgan fingerprint density at radius 2 is 2.00 bits per heavy atom. The molecular formula is C14H9ClF2N4. The first-order chi connectivity index (χ1) is 10.1. The molecule has 1 aromatic carbocycles. The molecule has 4 nitrogen and oxygen atoms in total. The molecule has 0 radical (unpaired) electrons. The molecule has 0 aliphatic heterocycles. The average Bonchev–Trinajstić information content (AvgIpc) is 2.85. The van der Waals surface area contributed by atoms with Gasteiger partial charge in [0.15, 0.2) is 5.82 Å². The van der Waals surface area contributed by atoms with Crippen LogP contribution in [-0.2, 0) is 0 Å². The number of aromatic nitrogens is 3. The lowest BCUT2D eigenvalue weighted by molar-refractivity contribution is 0.603. The molecule has 2 heterocycles. The van der Waals surface area contributed by atoms with Crippen molar-refractivity contribution in [2.24, 2.45) is 0 Å². The Labute approximate surface area is 123 Å². The summed E-state index contributed by atoms with van der Waals surface area (Å²) in [6, 6.07) is 5.38. The van der Waals surface area contributed by atoms with Crippen molar-refractivity contribution in [1.29, 1.82) is 0 Å². The summed E-state index contributed by atoms with van der Waals surface area (Å²) in [5.41, 5.74) is 7.20. The van der Waals surface area contributed by atoms with Gasteiger partial charge in [0, 0.05) is 23.5 Å². The summed E-state index contributed by atoms with van der Waals surface area (Å²) in [6.45, 7) is 0.